The van der Waals surface area contributed by atoms with E-state index in [1.807, 2.05) is 6.92 Å². The summed E-state index contributed by atoms with van der Waals surface area (Å²) in [4.78, 5) is 8.23. The van der Waals surface area contributed by atoms with Crippen molar-refractivity contribution < 1.29 is 0 Å². The molecule has 13 heavy (non-hydrogen) atoms. The number of hydrogen-bond acceptors (Lipinski definition) is 4. The van der Waals surface area contributed by atoms with Crippen LogP contribution in [0.2, 0.25) is 0 Å². The topological polar surface area (TPSA) is 80.5 Å². The van der Waals surface area contributed by atoms with Crippen LogP contribution in [0.25, 0.3) is 11.2 Å². The lowest BCUT2D eigenvalue weighted by Crippen LogP contribution is -2.09. The summed E-state index contributed by atoms with van der Waals surface area (Å²) in [5, 5.41) is 6.87. The van der Waals surface area contributed by atoms with Crippen LogP contribution in [0.5, 0.6) is 0 Å². The smallest absolute Gasteiger partial charge is 0.199 e. The van der Waals surface area contributed by atoms with Crippen LogP contribution >= 0.6 is 0 Å². The molecule has 2 rings (SSSR count). The van der Waals surface area contributed by atoms with Gasteiger partial charge in [-0.1, -0.05) is 6.92 Å². The first-order valence-electron chi connectivity index (χ1n) is 4.23. The quantitative estimate of drug-likeness (QED) is 0.709. The normalized spacial score (nSPS) is 13.4. The second-order valence-electron chi connectivity index (χ2n) is 2.88. The largest absolute Gasteiger partial charge is 0.323 e. The summed E-state index contributed by atoms with van der Waals surface area (Å²) in [6, 6.07) is -0.0401. The lowest BCUT2D eigenvalue weighted by molar-refractivity contribution is 0.675. The lowest BCUT2D eigenvalue weighted by atomic mass is 10.1. The Morgan fingerprint density at radius 2 is 2.23 bits per heavy atom. The van der Waals surface area contributed by atoms with E-state index < -0.39 is 0 Å². The van der Waals surface area contributed by atoms with E-state index in [0.717, 1.165) is 17.6 Å². The summed E-state index contributed by atoms with van der Waals surface area (Å²) in [7, 11) is 0. The molecule has 0 spiro atoms. The Morgan fingerprint density at radius 1 is 1.46 bits per heavy atom. The first kappa shape index (κ1) is 8.12. The van der Waals surface area contributed by atoms with Crippen molar-refractivity contribution in [3.63, 3.8) is 0 Å². The van der Waals surface area contributed by atoms with Gasteiger partial charge in [0.2, 0.25) is 0 Å². The minimum absolute atomic E-state index is 0.0401. The van der Waals surface area contributed by atoms with Crippen LogP contribution in [-0.4, -0.2) is 20.2 Å². The highest BCUT2D eigenvalue weighted by Crippen LogP contribution is 2.17. The molecule has 2 aromatic heterocycles. The first-order chi connectivity index (χ1) is 6.33. The fourth-order valence-corrected chi connectivity index (χ4v) is 1.23. The highest BCUT2D eigenvalue weighted by Gasteiger charge is 2.12. The number of nitrogens with two attached hydrogens (primary N) is 1. The highest BCUT2D eigenvalue weighted by atomic mass is 15.2. The number of hydrogen-bond donors (Lipinski definition) is 2. The molecule has 2 heterocycles. The molecule has 0 aliphatic heterocycles. The van der Waals surface area contributed by atoms with E-state index in [4.69, 9.17) is 5.73 Å². The second kappa shape index (κ2) is 3.10. The number of rotatable bonds is 2. The van der Waals surface area contributed by atoms with Crippen LogP contribution < -0.4 is 5.73 Å². The van der Waals surface area contributed by atoms with Crippen LogP contribution in [0.15, 0.2) is 12.4 Å². The maximum atomic E-state index is 5.87. The molecule has 0 bridgehead atoms. The summed E-state index contributed by atoms with van der Waals surface area (Å²) in [6.45, 7) is 2.02. The van der Waals surface area contributed by atoms with Gasteiger partial charge in [-0.05, 0) is 6.42 Å². The summed E-state index contributed by atoms with van der Waals surface area (Å²) in [5.41, 5.74) is 8.13. The van der Waals surface area contributed by atoms with Gasteiger partial charge in [-0.25, -0.2) is 9.97 Å². The minimum atomic E-state index is -0.0401. The van der Waals surface area contributed by atoms with Crippen LogP contribution in [0.1, 0.15) is 25.1 Å². The van der Waals surface area contributed by atoms with Crippen molar-refractivity contribution in [2.75, 3.05) is 0 Å². The van der Waals surface area contributed by atoms with E-state index in [2.05, 4.69) is 20.2 Å². The molecule has 0 saturated heterocycles. The molecule has 3 N–H and O–H groups in total. The maximum absolute atomic E-state index is 5.87. The molecule has 5 nitrogen and oxygen atoms in total. The average molecular weight is 177 g/mol. The van der Waals surface area contributed by atoms with Crippen molar-refractivity contribution in [2.45, 2.75) is 19.4 Å². The Bertz CT molecular complexity index is 408. The van der Waals surface area contributed by atoms with Crippen molar-refractivity contribution >= 4 is 11.2 Å². The molecule has 0 aliphatic rings. The number of H-pyrrole nitrogens is 1. The standard InChI is InChI=1S/C8H11N5/c1-2-5(9)6-7-8(13-12-6)11-4-3-10-7/h3-5H,2,9H2,1H3,(H,11,12,13). The van der Waals surface area contributed by atoms with Crippen LogP contribution in [0.4, 0.5) is 0 Å². The second-order valence-corrected chi connectivity index (χ2v) is 2.88. The SMILES string of the molecule is CCC(N)c1[nH]nc2nccnc12. The van der Waals surface area contributed by atoms with E-state index in [9.17, 15) is 0 Å². The van der Waals surface area contributed by atoms with Gasteiger partial charge in [-0.3, -0.25) is 5.10 Å². The zero-order valence-electron chi connectivity index (χ0n) is 7.36. The van der Waals surface area contributed by atoms with Gasteiger partial charge in [-0.15, -0.1) is 0 Å². The predicted octanol–water partition coefficient (Wildman–Crippen LogP) is 0.763. The molecule has 0 aliphatic carbocycles. The average Bonchev–Trinajstić information content (AvgIpc) is 2.60. The summed E-state index contributed by atoms with van der Waals surface area (Å²) >= 11 is 0. The monoisotopic (exact) mass is 177 g/mol. The minimum Gasteiger partial charge on any atom is -0.323 e. The van der Waals surface area contributed by atoms with Gasteiger partial charge in [0, 0.05) is 18.4 Å². The Morgan fingerprint density at radius 3 is 3.00 bits per heavy atom. The van der Waals surface area contributed by atoms with Crippen molar-refractivity contribution in [3.05, 3.63) is 18.1 Å². The summed E-state index contributed by atoms with van der Waals surface area (Å²) in [6.07, 6.45) is 4.11. The molecule has 0 amide bonds. The number of aromatic amines is 1. The third-order valence-electron chi connectivity index (χ3n) is 2.03. The molecule has 0 radical (unpaired) electrons. The summed E-state index contributed by atoms with van der Waals surface area (Å²) in [5.74, 6) is 0. The first-order valence-corrected chi connectivity index (χ1v) is 4.23. The van der Waals surface area contributed by atoms with Crippen molar-refractivity contribution in [2.24, 2.45) is 5.73 Å². The van der Waals surface area contributed by atoms with Crippen molar-refractivity contribution in [1.29, 1.82) is 0 Å². The number of fused-ring (bicyclic) bond motifs is 1. The molecule has 0 aromatic carbocycles. The van der Waals surface area contributed by atoms with Gasteiger partial charge in [0.15, 0.2) is 5.65 Å². The van der Waals surface area contributed by atoms with Gasteiger partial charge in [-0.2, -0.15) is 5.10 Å². The molecule has 0 saturated carbocycles. The molecule has 68 valence electrons. The zero-order chi connectivity index (χ0) is 9.26. The van der Waals surface area contributed by atoms with Crippen molar-refractivity contribution in [3.8, 4) is 0 Å². The number of nitrogens with one attached hydrogen (secondary N) is 1. The molecular formula is C8H11N5. The van der Waals surface area contributed by atoms with Gasteiger partial charge >= 0.3 is 0 Å². The Kier molecular flexibility index (Phi) is 1.94. The van der Waals surface area contributed by atoms with E-state index in [0.29, 0.717) is 5.65 Å². The molecular weight excluding hydrogens is 166 g/mol. The van der Waals surface area contributed by atoms with E-state index in [1.54, 1.807) is 12.4 Å². The fraction of sp³-hybridized carbons (Fsp3) is 0.375. The predicted molar refractivity (Wildman–Crippen MR) is 48.9 cm³/mol. The Labute approximate surface area is 75.4 Å². The van der Waals surface area contributed by atoms with Gasteiger partial charge in [0.1, 0.15) is 5.52 Å². The third kappa shape index (κ3) is 1.27. The summed E-state index contributed by atoms with van der Waals surface area (Å²) < 4.78 is 0. The van der Waals surface area contributed by atoms with E-state index in [1.165, 1.54) is 0 Å². The highest BCUT2D eigenvalue weighted by molar-refractivity contribution is 5.72. The fourth-order valence-electron chi connectivity index (χ4n) is 1.23. The van der Waals surface area contributed by atoms with E-state index >= 15 is 0 Å². The van der Waals surface area contributed by atoms with Crippen LogP contribution in [-0.2, 0) is 0 Å². The van der Waals surface area contributed by atoms with Gasteiger partial charge < -0.3 is 5.73 Å². The molecule has 1 atom stereocenters. The van der Waals surface area contributed by atoms with E-state index in [-0.39, 0.29) is 6.04 Å². The lowest BCUT2D eigenvalue weighted by Gasteiger charge is -2.04. The molecule has 1 unspecified atom stereocenters. The molecule has 0 fully saturated rings. The van der Waals surface area contributed by atoms with Crippen molar-refractivity contribution in [1.82, 2.24) is 20.2 Å². The number of nitrogens with zero attached hydrogens (tertiary/aromatic N) is 3. The Hall–Kier alpha value is -1.49. The Balaban J connectivity index is 2.57. The molecule has 2 aromatic rings. The maximum Gasteiger partial charge on any atom is 0.199 e. The van der Waals surface area contributed by atoms with Crippen LogP contribution in [0.3, 0.4) is 0 Å². The molecule has 5 heteroatoms. The third-order valence-corrected chi connectivity index (χ3v) is 2.03. The van der Waals surface area contributed by atoms with Gasteiger partial charge in [0.25, 0.3) is 0 Å². The number of aromatic nitrogens is 4. The van der Waals surface area contributed by atoms with Gasteiger partial charge in [0.05, 0.1) is 5.69 Å². The van der Waals surface area contributed by atoms with Crippen LogP contribution in [0, 0.1) is 0 Å². The zero-order valence-corrected chi connectivity index (χ0v) is 7.36.